The summed E-state index contributed by atoms with van der Waals surface area (Å²) in [6.45, 7) is 3.67. The van der Waals surface area contributed by atoms with Crippen LogP contribution in [0.2, 0.25) is 5.02 Å². The Hall–Kier alpha value is -3.91. The molecule has 8 nitrogen and oxygen atoms in total. The van der Waals surface area contributed by atoms with Crippen LogP contribution in [-0.4, -0.2) is 27.0 Å². The number of ether oxygens (including phenoxy) is 1. The molecule has 0 N–H and O–H groups in total. The fraction of sp³-hybridized carbons (Fsp3) is 0.167. The van der Waals surface area contributed by atoms with Gasteiger partial charge in [-0.25, -0.2) is 9.67 Å². The van der Waals surface area contributed by atoms with E-state index >= 15 is 0 Å². The van der Waals surface area contributed by atoms with Gasteiger partial charge in [-0.1, -0.05) is 28.9 Å². The maximum Gasteiger partial charge on any atom is 0.297 e. The average molecular weight is 463 g/mol. The molecule has 0 aliphatic heterocycles. The topological polar surface area (TPSA) is 96.2 Å². The molecule has 0 bridgehead atoms. The van der Waals surface area contributed by atoms with E-state index in [9.17, 15) is 4.79 Å². The van der Waals surface area contributed by atoms with Gasteiger partial charge in [0.25, 0.3) is 5.56 Å². The summed E-state index contributed by atoms with van der Waals surface area (Å²) < 4.78 is 17.9. The van der Waals surface area contributed by atoms with Gasteiger partial charge in [0, 0.05) is 16.1 Å². The Morgan fingerprint density at radius 2 is 1.85 bits per heavy atom. The number of halogens is 1. The van der Waals surface area contributed by atoms with Crippen LogP contribution in [0.3, 0.4) is 0 Å². The highest BCUT2D eigenvalue weighted by atomic mass is 35.5. The number of hydrogen-bond donors (Lipinski definition) is 0. The first-order valence-electron chi connectivity index (χ1n) is 10.2. The zero-order chi connectivity index (χ0) is 23.1. The highest BCUT2D eigenvalue weighted by Gasteiger charge is 2.21. The van der Waals surface area contributed by atoms with E-state index in [4.69, 9.17) is 25.3 Å². The van der Waals surface area contributed by atoms with E-state index in [0.717, 1.165) is 11.1 Å². The maximum atomic E-state index is 13.2. The molecule has 3 heterocycles. The van der Waals surface area contributed by atoms with E-state index in [1.807, 2.05) is 36.4 Å². The first-order chi connectivity index (χ1) is 15.9. The number of hydrogen-bond acceptors (Lipinski definition) is 7. The monoisotopic (exact) mass is 462 g/mol. The number of aryl methyl sites for hydroxylation is 2. The van der Waals surface area contributed by atoms with Crippen molar-refractivity contribution in [1.29, 1.82) is 0 Å². The molecule has 0 atom stereocenters. The fourth-order valence-electron chi connectivity index (χ4n) is 3.65. The van der Waals surface area contributed by atoms with Crippen molar-refractivity contribution in [3.05, 3.63) is 81.1 Å². The molecule has 0 saturated carbocycles. The minimum atomic E-state index is -0.371. The summed E-state index contributed by atoms with van der Waals surface area (Å²) in [6.07, 6.45) is 0. The molecule has 0 spiro atoms. The Labute approximate surface area is 193 Å². The van der Waals surface area contributed by atoms with Crippen molar-refractivity contribution in [1.82, 2.24) is 19.9 Å². The molecular formula is C24H19ClN4O4. The first kappa shape index (κ1) is 21.0. The highest BCUT2D eigenvalue weighted by molar-refractivity contribution is 6.30. The fourth-order valence-corrected chi connectivity index (χ4v) is 3.77. The van der Waals surface area contributed by atoms with E-state index in [0.29, 0.717) is 45.0 Å². The van der Waals surface area contributed by atoms with Crippen LogP contribution in [0.1, 0.15) is 17.2 Å². The van der Waals surface area contributed by atoms with E-state index in [1.165, 1.54) is 4.68 Å². The number of rotatable bonds is 5. The Balaban J connectivity index is 1.62. The minimum absolute atomic E-state index is 0.112. The minimum Gasteiger partial charge on any atom is -0.497 e. The van der Waals surface area contributed by atoms with Crippen LogP contribution < -0.4 is 10.3 Å². The third kappa shape index (κ3) is 3.78. The lowest BCUT2D eigenvalue weighted by Gasteiger charge is -2.09. The maximum absolute atomic E-state index is 13.2. The van der Waals surface area contributed by atoms with Gasteiger partial charge in [-0.3, -0.25) is 4.79 Å². The number of methoxy groups -OCH3 is 1. The zero-order valence-corrected chi connectivity index (χ0v) is 18.9. The van der Waals surface area contributed by atoms with Gasteiger partial charge in [0.15, 0.2) is 5.52 Å². The van der Waals surface area contributed by atoms with Gasteiger partial charge in [0.2, 0.25) is 5.89 Å². The van der Waals surface area contributed by atoms with E-state index in [1.54, 1.807) is 33.1 Å². The van der Waals surface area contributed by atoms with Crippen LogP contribution in [0.4, 0.5) is 0 Å². The lowest BCUT2D eigenvalue weighted by Crippen LogP contribution is -2.25. The molecule has 33 heavy (non-hydrogen) atoms. The molecular weight excluding hydrogens is 444 g/mol. The molecule has 0 saturated heterocycles. The van der Waals surface area contributed by atoms with Crippen molar-refractivity contribution in [2.45, 2.75) is 20.4 Å². The highest BCUT2D eigenvalue weighted by Crippen LogP contribution is 2.30. The molecule has 5 rings (SSSR count). The van der Waals surface area contributed by atoms with E-state index < -0.39 is 0 Å². The summed E-state index contributed by atoms with van der Waals surface area (Å²) in [4.78, 5) is 17.7. The molecule has 0 unspecified atom stereocenters. The molecule has 9 heteroatoms. The molecule has 0 radical (unpaired) electrons. The molecule has 2 aromatic carbocycles. The van der Waals surface area contributed by atoms with Crippen molar-refractivity contribution >= 4 is 22.5 Å². The Morgan fingerprint density at radius 1 is 1.06 bits per heavy atom. The summed E-state index contributed by atoms with van der Waals surface area (Å²) in [6, 6.07) is 14.6. The SMILES string of the molecule is COc1cccc(-c2nn(Cc3nc(-c4ccc(Cl)cc4)oc3C)c(=O)c3noc(C)c23)c1. The smallest absolute Gasteiger partial charge is 0.297 e. The van der Waals surface area contributed by atoms with Crippen LogP contribution in [-0.2, 0) is 6.54 Å². The van der Waals surface area contributed by atoms with Gasteiger partial charge in [0.1, 0.15) is 28.7 Å². The van der Waals surface area contributed by atoms with Crippen molar-refractivity contribution in [2.24, 2.45) is 0 Å². The van der Waals surface area contributed by atoms with Crippen LogP contribution >= 0.6 is 11.6 Å². The lowest BCUT2D eigenvalue weighted by atomic mass is 10.1. The molecule has 0 amide bonds. The summed E-state index contributed by atoms with van der Waals surface area (Å²) in [5.41, 5.74) is 2.56. The Morgan fingerprint density at radius 3 is 2.61 bits per heavy atom. The van der Waals surface area contributed by atoms with Gasteiger partial charge in [-0.05, 0) is 50.2 Å². The summed E-state index contributed by atoms with van der Waals surface area (Å²) in [5, 5.41) is 9.85. The molecule has 0 aliphatic carbocycles. The van der Waals surface area contributed by atoms with Crippen molar-refractivity contribution < 1.29 is 13.7 Å². The van der Waals surface area contributed by atoms with Gasteiger partial charge in [0.05, 0.1) is 19.0 Å². The van der Waals surface area contributed by atoms with E-state index in [-0.39, 0.29) is 17.6 Å². The van der Waals surface area contributed by atoms with Crippen LogP contribution in [0.25, 0.3) is 33.6 Å². The second-order valence-corrected chi connectivity index (χ2v) is 7.97. The molecule has 3 aromatic heterocycles. The normalized spacial score (nSPS) is 11.3. The number of benzene rings is 2. The van der Waals surface area contributed by atoms with Crippen LogP contribution in [0.15, 0.2) is 62.3 Å². The van der Waals surface area contributed by atoms with E-state index in [2.05, 4.69) is 15.2 Å². The number of aromatic nitrogens is 4. The zero-order valence-electron chi connectivity index (χ0n) is 18.1. The summed E-state index contributed by atoms with van der Waals surface area (Å²) in [7, 11) is 1.60. The first-order valence-corrected chi connectivity index (χ1v) is 10.6. The number of fused-ring (bicyclic) bond motifs is 1. The Kier molecular flexibility index (Phi) is 5.22. The third-order valence-corrected chi connectivity index (χ3v) is 5.64. The summed E-state index contributed by atoms with van der Waals surface area (Å²) in [5.74, 6) is 2.23. The number of oxazole rings is 1. The predicted molar refractivity (Wildman–Crippen MR) is 124 cm³/mol. The van der Waals surface area contributed by atoms with Gasteiger partial charge >= 0.3 is 0 Å². The largest absolute Gasteiger partial charge is 0.497 e. The van der Waals surface area contributed by atoms with Gasteiger partial charge in [-0.2, -0.15) is 5.10 Å². The summed E-state index contributed by atoms with van der Waals surface area (Å²) >= 11 is 5.98. The average Bonchev–Trinajstić information content (AvgIpc) is 3.39. The van der Waals surface area contributed by atoms with Gasteiger partial charge < -0.3 is 13.7 Å². The standard InChI is InChI=1S/C24H19ClN4O4/c1-13-19(26-23(32-13)15-7-9-17(25)10-8-15)12-29-24(30)22-20(14(2)33-28-22)21(27-29)16-5-4-6-18(11-16)31-3/h4-11H,12H2,1-3H3. The molecule has 0 aliphatic rings. The molecule has 166 valence electrons. The second-order valence-electron chi connectivity index (χ2n) is 7.53. The molecule has 0 fully saturated rings. The second kappa shape index (κ2) is 8.22. The lowest BCUT2D eigenvalue weighted by molar-refractivity contribution is 0.405. The molecule has 5 aromatic rings. The predicted octanol–water partition coefficient (Wildman–Crippen LogP) is 5.03. The van der Waals surface area contributed by atoms with Gasteiger partial charge in [-0.15, -0.1) is 0 Å². The Bertz CT molecular complexity index is 1530. The van der Waals surface area contributed by atoms with Crippen molar-refractivity contribution in [3.63, 3.8) is 0 Å². The van der Waals surface area contributed by atoms with Crippen LogP contribution in [0, 0.1) is 13.8 Å². The van der Waals surface area contributed by atoms with Crippen molar-refractivity contribution in [2.75, 3.05) is 7.11 Å². The number of nitrogens with zero attached hydrogens (tertiary/aromatic N) is 4. The van der Waals surface area contributed by atoms with Crippen LogP contribution in [0.5, 0.6) is 5.75 Å². The quantitative estimate of drug-likeness (QED) is 0.361. The third-order valence-electron chi connectivity index (χ3n) is 5.38. The van der Waals surface area contributed by atoms with Crippen molar-refractivity contribution in [3.8, 4) is 28.5 Å².